The number of amides is 1. The Morgan fingerprint density at radius 3 is 2.47 bits per heavy atom. The van der Waals surface area contributed by atoms with E-state index in [0.29, 0.717) is 5.69 Å². The molecule has 0 aliphatic heterocycles. The van der Waals surface area contributed by atoms with Gasteiger partial charge >= 0.3 is 0 Å². The van der Waals surface area contributed by atoms with Gasteiger partial charge in [0.25, 0.3) is 0 Å². The zero-order valence-corrected chi connectivity index (χ0v) is 8.43. The van der Waals surface area contributed by atoms with Crippen LogP contribution in [0.2, 0.25) is 0 Å². The highest BCUT2D eigenvalue weighted by Crippen LogP contribution is 2.05. The van der Waals surface area contributed by atoms with Crippen molar-refractivity contribution in [2.45, 2.75) is 19.4 Å². The van der Waals surface area contributed by atoms with Crippen LogP contribution in [0.4, 0.5) is 5.69 Å². The maximum atomic E-state index is 11.3. The summed E-state index contributed by atoms with van der Waals surface area (Å²) in [7, 11) is 0. The van der Waals surface area contributed by atoms with E-state index < -0.39 is 17.8 Å². The lowest BCUT2D eigenvalue weighted by atomic mass is 10.2. The van der Waals surface area contributed by atoms with Gasteiger partial charge in [0.2, 0.25) is 5.91 Å². The molecule has 0 aliphatic rings. The number of rotatable bonds is 4. The number of aliphatic hydroxyl groups is 1. The lowest BCUT2D eigenvalue weighted by Gasteiger charge is -2.05. The van der Waals surface area contributed by atoms with E-state index >= 15 is 0 Å². The van der Waals surface area contributed by atoms with Gasteiger partial charge in [0.05, 0.1) is 6.42 Å². The van der Waals surface area contributed by atoms with Crippen molar-refractivity contribution >= 4 is 17.4 Å². The topological polar surface area (TPSA) is 66.4 Å². The standard InChI is InChI=1S/C11H13NO3/c1-8(13)10(14)7-11(15)12-9-5-3-2-4-6-9/h2-6,8,13H,7H2,1H3,(H,12,15). The van der Waals surface area contributed by atoms with Crippen LogP contribution in [-0.4, -0.2) is 22.9 Å². The second-order valence-corrected chi connectivity index (χ2v) is 3.23. The number of hydrogen-bond donors (Lipinski definition) is 2. The molecule has 0 aromatic heterocycles. The average molecular weight is 207 g/mol. The van der Waals surface area contributed by atoms with Gasteiger partial charge in [-0.25, -0.2) is 0 Å². The Hall–Kier alpha value is -1.68. The molecule has 1 rings (SSSR count). The SMILES string of the molecule is CC(O)C(=O)CC(=O)Nc1ccccc1. The molecule has 15 heavy (non-hydrogen) atoms. The number of carbonyl (C=O) groups is 2. The van der Waals surface area contributed by atoms with Crippen molar-refractivity contribution in [1.82, 2.24) is 0 Å². The Morgan fingerprint density at radius 2 is 1.93 bits per heavy atom. The predicted molar refractivity (Wildman–Crippen MR) is 56.4 cm³/mol. The minimum atomic E-state index is -1.09. The van der Waals surface area contributed by atoms with Crippen molar-refractivity contribution in [2.24, 2.45) is 0 Å². The fourth-order valence-corrected chi connectivity index (χ4v) is 1.03. The van der Waals surface area contributed by atoms with Crippen LogP contribution in [0.15, 0.2) is 30.3 Å². The monoisotopic (exact) mass is 207 g/mol. The molecular formula is C11H13NO3. The van der Waals surface area contributed by atoms with E-state index in [4.69, 9.17) is 5.11 Å². The third-order valence-corrected chi connectivity index (χ3v) is 1.86. The van der Waals surface area contributed by atoms with Crippen molar-refractivity contribution < 1.29 is 14.7 Å². The average Bonchev–Trinajstić information content (AvgIpc) is 2.18. The summed E-state index contributed by atoms with van der Waals surface area (Å²) >= 11 is 0. The van der Waals surface area contributed by atoms with Crippen LogP contribution in [0, 0.1) is 0 Å². The minimum absolute atomic E-state index is 0.299. The number of carbonyl (C=O) groups excluding carboxylic acids is 2. The second-order valence-electron chi connectivity index (χ2n) is 3.23. The summed E-state index contributed by atoms with van der Waals surface area (Å²) in [5.74, 6) is -0.893. The molecule has 0 saturated heterocycles. The normalized spacial score (nSPS) is 11.9. The second kappa shape index (κ2) is 5.26. The lowest BCUT2D eigenvalue weighted by molar-refractivity contribution is -0.130. The highest BCUT2D eigenvalue weighted by molar-refractivity contribution is 6.05. The largest absolute Gasteiger partial charge is 0.386 e. The highest BCUT2D eigenvalue weighted by atomic mass is 16.3. The first-order valence-electron chi connectivity index (χ1n) is 4.65. The molecule has 0 aliphatic carbocycles. The molecular weight excluding hydrogens is 194 g/mol. The summed E-state index contributed by atoms with van der Waals surface area (Å²) in [6.45, 7) is 1.35. The third-order valence-electron chi connectivity index (χ3n) is 1.86. The summed E-state index contributed by atoms with van der Waals surface area (Å²) in [6, 6.07) is 8.85. The summed E-state index contributed by atoms with van der Waals surface area (Å²) < 4.78 is 0. The summed E-state index contributed by atoms with van der Waals surface area (Å²) in [5, 5.41) is 11.5. The van der Waals surface area contributed by atoms with E-state index in [1.54, 1.807) is 24.3 Å². The molecule has 1 amide bonds. The number of ketones is 1. The number of aliphatic hydroxyl groups excluding tert-OH is 1. The van der Waals surface area contributed by atoms with Crippen LogP contribution in [0.25, 0.3) is 0 Å². The Balaban J connectivity index is 2.47. The van der Waals surface area contributed by atoms with Crippen LogP contribution in [0.3, 0.4) is 0 Å². The number of Topliss-reactive ketones (excluding diaryl/α,β-unsaturated/α-hetero) is 1. The van der Waals surface area contributed by atoms with E-state index in [0.717, 1.165) is 0 Å². The van der Waals surface area contributed by atoms with Gasteiger partial charge < -0.3 is 10.4 Å². The van der Waals surface area contributed by atoms with E-state index in [9.17, 15) is 9.59 Å². The zero-order chi connectivity index (χ0) is 11.3. The van der Waals surface area contributed by atoms with Crippen LogP contribution < -0.4 is 5.32 Å². The Morgan fingerprint density at radius 1 is 1.33 bits per heavy atom. The van der Waals surface area contributed by atoms with Gasteiger partial charge in [0.15, 0.2) is 5.78 Å². The van der Waals surface area contributed by atoms with Gasteiger partial charge in [-0.05, 0) is 19.1 Å². The van der Waals surface area contributed by atoms with Crippen LogP contribution in [-0.2, 0) is 9.59 Å². The highest BCUT2D eigenvalue weighted by Gasteiger charge is 2.13. The molecule has 1 atom stereocenters. The van der Waals surface area contributed by atoms with E-state index in [2.05, 4.69) is 5.32 Å². The molecule has 0 fully saturated rings. The molecule has 1 unspecified atom stereocenters. The number of para-hydroxylation sites is 1. The Kier molecular flexibility index (Phi) is 4.00. The molecule has 1 aromatic carbocycles. The third kappa shape index (κ3) is 3.91. The predicted octanol–water partition coefficient (Wildman–Crippen LogP) is 0.965. The zero-order valence-electron chi connectivity index (χ0n) is 8.43. The molecule has 0 radical (unpaired) electrons. The fourth-order valence-electron chi connectivity index (χ4n) is 1.03. The molecule has 80 valence electrons. The van der Waals surface area contributed by atoms with Crippen molar-refractivity contribution in [3.63, 3.8) is 0 Å². The first-order chi connectivity index (χ1) is 7.09. The molecule has 0 spiro atoms. The molecule has 4 heteroatoms. The van der Waals surface area contributed by atoms with Gasteiger partial charge in [-0.1, -0.05) is 18.2 Å². The van der Waals surface area contributed by atoms with Gasteiger partial charge in [-0.3, -0.25) is 9.59 Å². The molecule has 0 bridgehead atoms. The molecule has 1 aromatic rings. The van der Waals surface area contributed by atoms with E-state index in [-0.39, 0.29) is 6.42 Å². The van der Waals surface area contributed by atoms with Crippen LogP contribution in [0.5, 0.6) is 0 Å². The van der Waals surface area contributed by atoms with Crippen molar-refractivity contribution in [3.05, 3.63) is 30.3 Å². The number of hydrogen-bond acceptors (Lipinski definition) is 3. The quantitative estimate of drug-likeness (QED) is 0.723. The Labute approximate surface area is 87.9 Å². The van der Waals surface area contributed by atoms with Crippen LogP contribution in [0.1, 0.15) is 13.3 Å². The number of nitrogens with one attached hydrogen (secondary N) is 1. The minimum Gasteiger partial charge on any atom is -0.386 e. The lowest BCUT2D eigenvalue weighted by Crippen LogP contribution is -2.23. The Bertz CT molecular complexity index is 346. The first-order valence-corrected chi connectivity index (χ1v) is 4.65. The van der Waals surface area contributed by atoms with E-state index in [1.807, 2.05) is 6.07 Å². The van der Waals surface area contributed by atoms with Crippen molar-refractivity contribution in [2.75, 3.05) is 5.32 Å². The van der Waals surface area contributed by atoms with Gasteiger partial charge in [0, 0.05) is 5.69 Å². The van der Waals surface area contributed by atoms with Crippen LogP contribution >= 0.6 is 0 Å². The van der Waals surface area contributed by atoms with Gasteiger partial charge in [-0.15, -0.1) is 0 Å². The fraction of sp³-hybridized carbons (Fsp3) is 0.273. The van der Waals surface area contributed by atoms with Gasteiger partial charge in [-0.2, -0.15) is 0 Å². The van der Waals surface area contributed by atoms with Gasteiger partial charge in [0.1, 0.15) is 6.10 Å². The summed E-state index contributed by atoms with van der Waals surface area (Å²) in [6.07, 6.45) is -1.39. The number of anilines is 1. The molecule has 2 N–H and O–H groups in total. The summed E-state index contributed by atoms with van der Waals surface area (Å²) in [5.41, 5.74) is 0.640. The first kappa shape index (κ1) is 11.4. The molecule has 0 saturated carbocycles. The number of benzene rings is 1. The van der Waals surface area contributed by atoms with Crippen molar-refractivity contribution in [3.8, 4) is 0 Å². The van der Waals surface area contributed by atoms with E-state index in [1.165, 1.54) is 6.92 Å². The summed E-state index contributed by atoms with van der Waals surface area (Å²) in [4.78, 5) is 22.3. The molecule has 4 nitrogen and oxygen atoms in total. The molecule has 0 heterocycles. The smallest absolute Gasteiger partial charge is 0.231 e. The van der Waals surface area contributed by atoms with Crippen molar-refractivity contribution in [1.29, 1.82) is 0 Å². The maximum Gasteiger partial charge on any atom is 0.231 e. The maximum absolute atomic E-state index is 11.3.